The van der Waals surface area contributed by atoms with E-state index in [4.69, 9.17) is 5.11 Å². The predicted molar refractivity (Wildman–Crippen MR) is 87.2 cm³/mol. The van der Waals surface area contributed by atoms with Crippen LogP contribution in [0.3, 0.4) is 0 Å². The molecule has 3 aromatic rings. The smallest absolute Gasteiger partial charge is 0.269 e. The van der Waals surface area contributed by atoms with Crippen molar-refractivity contribution in [3.8, 4) is 11.4 Å². The Kier molecular flexibility index (Phi) is 4.11. The Labute approximate surface area is 131 Å². The zero-order valence-corrected chi connectivity index (χ0v) is 12.1. The highest BCUT2D eigenvalue weighted by Gasteiger charge is 2.11. The van der Waals surface area contributed by atoms with Gasteiger partial charge in [-0.1, -0.05) is 12.1 Å². The second kappa shape index (κ2) is 6.37. The fraction of sp³-hybridized carbons (Fsp3) is 0.125. The van der Waals surface area contributed by atoms with Gasteiger partial charge in [0.15, 0.2) is 5.82 Å². The van der Waals surface area contributed by atoms with E-state index in [9.17, 15) is 10.1 Å². The summed E-state index contributed by atoms with van der Waals surface area (Å²) in [6.07, 6.45) is 0. The van der Waals surface area contributed by atoms with Gasteiger partial charge in [0.2, 0.25) is 0 Å². The molecule has 0 saturated carbocycles. The van der Waals surface area contributed by atoms with E-state index in [-0.39, 0.29) is 12.3 Å². The van der Waals surface area contributed by atoms with Gasteiger partial charge in [-0.3, -0.25) is 10.1 Å². The van der Waals surface area contributed by atoms with Crippen LogP contribution < -0.4 is 5.32 Å². The molecule has 0 radical (unpaired) electrons. The van der Waals surface area contributed by atoms with Gasteiger partial charge in [-0.15, -0.1) is 0 Å². The summed E-state index contributed by atoms with van der Waals surface area (Å²) in [5.41, 5.74) is 1.47. The summed E-state index contributed by atoms with van der Waals surface area (Å²) in [5, 5.41) is 23.7. The van der Waals surface area contributed by atoms with Crippen molar-refractivity contribution in [3.63, 3.8) is 0 Å². The molecule has 7 heteroatoms. The number of nitro benzene ring substituents is 1. The van der Waals surface area contributed by atoms with E-state index < -0.39 is 4.92 Å². The van der Waals surface area contributed by atoms with Gasteiger partial charge >= 0.3 is 0 Å². The fourth-order valence-corrected chi connectivity index (χ4v) is 2.25. The molecule has 3 rings (SSSR count). The quantitative estimate of drug-likeness (QED) is 0.555. The van der Waals surface area contributed by atoms with E-state index in [0.29, 0.717) is 23.8 Å². The maximum Gasteiger partial charge on any atom is 0.269 e. The fourth-order valence-electron chi connectivity index (χ4n) is 2.25. The van der Waals surface area contributed by atoms with Crippen molar-refractivity contribution in [2.45, 2.75) is 0 Å². The van der Waals surface area contributed by atoms with E-state index in [2.05, 4.69) is 15.3 Å². The lowest BCUT2D eigenvalue weighted by molar-refractivity contribution is -0.384. The minimum Gasteiger partial charge on any atom is -0.395 e. The maximum absolute atomic E-state index is 10.7. The number of fused-ring (bicyclic) bond motifs is 1. The number of non-ortho nitro benzene ring substituents is 1. The monoisotopic (exact) mass is 310 g/mol. The van der Waals surface area contributed by atoms with Crippen LogP contribution in [0.25, 0.3) is 22.3 Å². The van der Waals surface area contributed by atoms with Crippen LogP contribution in [0.4, 0.5) is 11.5 Å². The van der Waals surface area contributed by atoms with Crippen molar-refractivity contribution in [1.82, 2.24) is 9.97 Å². The number of nitrogens with zero attached hydrogens (tertiary/aromatic N) is 3. The van der Waals surface area contributed by atoms with Gasteiger partial charge in [0.1, 0.15) is 5.82 Å². The van der Waals surface area contributed by atoms with Crippen LogP contribution in [-0.4, -0.2) is 33.1 Å². The van der Waals surface area contributed by atoms with Crippen LogP contribution in [0.2, 0.25) is 0 Å². The van der Waals surface area contributed by atoms with Crippen molar-refractivity contribution >= 4 is 22.4 Å². The Hall–Kier alpha value is -3.06. The van der Waals surface area contributed by atoms with Gasteiger partial charge in [0.05, 0.1) is 17.0 Å². The SMILES string of the molecule is O=[N+]([O-])c1ccc(-c2nc(NCCO)c3ccccc3n2)cc1. The van der Waals surface area contributed by atoms with Gasteiger partial charge < -0.3 is 10.4 Å². The third-order valence-electron chi connectivity index (χ3n) is 3.34. The molecule has 2 aromatic carbocycles. The summed E-state index contributed by atoms with van der Waals surface area (Å²) in [4.78, 5) is 19.3. The van der Waals surface area contributed by atoms with Crippen LogP contribution in [0, 0.1) is 10.1 Å². The van der Waals surface area contributed by atoms with Crippen molar-refractivity contribution in [3.05, 3.63) is 58.6 Å². The first-order valence-corrected chi connectivity index (χ1v) is 7.05. The molecule has 0 aliphatic heterocycles. The molecule has 7 nitrogen and oxygen atoms in total. The molecule has 0 spiro atoms. The van der Waals surface area contributed by atoms with Gasteiger partial charge in [-0.05, 0) is 24.3 Å². The standard InChI is InChI=1S/C16H14N4O3/c21-10-9-17-16-13-3-1-2-4-14(13)18-15(19-16)11-5-7-12(8-6-11)20(22)23/h1-8,21H,9-10H2,(H,17,18,19). The van der Waals surface area contributed by atoms with Gasteiger partial charge in [0, 0.05) is 29.6 Å². The van der Waals surface area contributed by atoms with E-state index in [1.165, 1.54) is 12.1 Å². The molecule has 1 heterocycles. The Balaban J connectivity index is 2.08. The van der Waals surface area contributed by atoms with Crippen molar-refractivity contribution in [2.24, 2.45) is 0 Å². The highest BCUT2D eigenvalue weighted by molar-refractivity contribution is 5.90. The summed E-state index contributed by atoms with van der Waals surface area (Å²) in [6, 6.07) is 13.6. The molecule has 0 atom stereocenters. The van der Waals surface area contributed by atoms with Crippen LogP contribution in [-0.2, 0) is 0 Å². The average molecular weight is 310 g/mol. The third kappa shape index (κ3) is 3.09. The summed E-state index contributed by atoms with van der Waals surface area (Å²) < 4.78 is 0. The number of aliphatic hydroxyl groups excluding tert-OH is 1. The molecule has 0 fully saturated rings. The lowest BCUT2D eigenvalue weighted by atomic mass is 10.1. The minimum atomic E-state index is -0.445. The molecule has 0 saturated heterocycles. The molecule has 23 heavy (non-hydrogen) atoms. The van der Waals surface area contributed by atoms with Gasteiger partial charge in [-0.25, -0.2) is 9.97 Å². The normalized spacial score (nSPS) is 10.7. The summed E-state index contributed by atoms with van der Waals surface area (Å²) in [5.74, 6) is 1.09. The number of aliphatic hydroxyl groups is 1. The summed E-state index contributed by atoms with van der Waals surface area (Å²) >= 11 is 0. The lowest BCUT2D eigenvalue weighted by Gasteiger charge is -2.10. The molecule has 116 valence electrons. The Morgan fingerprint density at radius 3 is 2.52 bits per heavy atom. The van der Waals surface area contributed by atoms with E-state index in [0.717, 1.165) is 10.9 Å². The van der Waals surface area contributed by atoms with Crippen LogP contribution >= 0.6 is 0 Å². The molecule has 2 N–H and O–H groups in total. The number of anilines is 1. The zero-order chi connectivity index (χ0) is 16.2. The number of hydrogen-bond donors (Lipinski definition) is 2. The van der Waals surface area contributed by atoms with Crippen molar-refractivity contribution in [2.75, 3.05) is 18.5 Å². The predicted octanol–water partition coefficient (Wildman–Crippen LogP) is 2.61. The van der Waals surface area contributed by atoms with Crippen LogP contribution in [0.5, 0.6) is 0 Å². The number of nitrogens with one attached hydrogen (secondary N) is 1. The topological polar surface area (TPSA) is 101 Å². The van der Waals surface area contributed by atoms with Crippen LogP contribution in [0.1, 0.15) is 0 Å². The van der Waals surface area contributed by atoms with Gasteiger partial charge in [-0.2, -0.15) is 0 Å². The molecular weight excluding hydrogens is 296 g/mol. The van der Waals surface area contributed by atoms with E-state index in [1.807, 2.05) is 24.3 Å². The number of para-hydroxylation sites is 1. The Morgan fingerprint density at radius 2 is 1.83 bits per heavy atom. The van der Waals surface area contributed by atoms with Gasteiger partial charge in [0.25, 0.3) is 5.69 Å². The Bertz CT molecular complexity index is 850. The van der Waals surface area contributed by atoms with E-state index >= 15 is 0 Å². The second-order valence-corrected chi connectivity index (χ2v) is 4.87. The molecule has 0 unspecified atom stereocenters. The first-order valence-electron chi connectivity index (χ1n) is 7.05. The molecule has 0 aliphatic rings. The highest BCUT2D eigenvalue weighted by atomic mass is 16.6. The molecule has 0 bridgehead atoms. The van der Waals surface area contributed by atoms with Crippen molar-refractivity contribution in [1.29, 1.82) is 0 Å². The van der Waals surface area contributed by atoms with E-state index in [1.54, 1.807) is 12.1 Å². The minimum absolute atomic E-state index is 0.00874. The summed E-state index contributed by atoms with van der Waals surface area (Å²) in [6.45, 7) is 0.367. The molecule has 1 aromatic heterocycles. The maximum atomic E-state index is 10.7. The number of aromatic nitrogens is 2. The zero-order valence-electron chi connectivity index (χ0n) is 12.1. The number of benzene rings is 2. The summed E-state index contributed by atoms with van der Waals surface area (Å²) in [7, 11) is 0. The number of rotatable bonds is 5. The van der Waals surface area contributed by atoms with Crippen molar-refractivity contribution < 1.29 is 10.0 Å². The first kappa shape index (κ1) is 14.9. The number of hydrogen-bond acceptors (Lipinski definition) is 6. The lowest BCUT2D eigenvalue weighted by Crippen LogP contribution is -2.08. The first-order chi connectivity index (χ1) is 11.2. The second-order valence-electron chi connectivity index (χ2n) is 4.87. The third-order valence-corrected chi connectivity index (χ3v) is 3.34. The number of nitro groups is 1. The highest BCUT2D eigenvalue weighted by Crippen LogP contribution is 2.25. The van der Waals surface area contributed by atoms with Crippen LogP contribution in [0.15, 0.2) is 48.5 Å². The largest absolute Gasteiger partial charge is 0.395 e. The molecule has 0 amide bonds. The molecular formula is C16H14N4O3. The Morgan fingerprint density at radius 1 is 1.09 bits per heavy atom. The average Bonchev–Trinajstić information content (AvgIpc) is 2.59. The molecule has 0 aliphatic carbocycles.